The number of para-hydroxylation sites is 1. The number of hydrogen-bond acceptors (Lipinski definition) is 4. The van der Waals surface area contributed by atoms with Crippen molar-refractivity contribution < 1.29 is 9.59 Å². The molecule has 0 radical (unpaired) electrons. The van der Waals surface area contributed by atoms with E-state index < -0.39 is 0 Å². The van der Waals surface area contributed by atoms with Crippen LogP contribution in [0.4, 0.5) is 32.6 Å². The third kappa shape index (κ3) is 9.22. The van der Waals surface area contributed by atoms with Crippen LogP contribution in [0.3, 0.4) is 0 Å². The fourth-order valence-corrected chi connectivity index (χ4v) is 4.03. The van der Waals surface area contributed by atoms with Crippen LogP contribution in [-0.4, -0.2) is 31.6 Å². The lowest BCUT2D eigenvalue weighted by atomic mass is 9.92. The summed E-state index contributed by atoms with van der Waals surface area (Å²) in [6.07, 6.45) is 0. The first-order chi connectivity index (χ1) is 19.5. The number of benzene rings is 2. The second kappa shape index (κ2) is 12.9. The Hall–Kier alpha value is -4.60. The predicted octanol–water partition coefficient (Wildman–Crippen LogP) is 7.34. The molecule has 0 bridgehead atoms. The standard InChI is InChI=1S/C17H24N4O.C15H20N4O/c1-11-7-12(2)9-13(8-11)18-16(22)19-15-10-14(17(3,4)5)20-21(15)6;1-15(2,3)12-10-13(19(4)18-12)17-14(20)16-11-8-6-5-7-9-11/h7-10H,1-6H3,(H2,18,19,22);5-10H,1-4H3,(H2,16,17,20). The molecule has 2 aromatic heterocycles. The van der Waals surface area contributed by atoms with E-state index in [-0.39, 0.29) is 22.9 Å². The van der Waals surface area contributed by atoms with Crippen LogP contribution in [0.1, 0.15) is 64.1 Å². The van der Waals surface area contributed by atoms with Crippen molar-refractivity contribution in [3.05, 3.63) is 83.2 Å². The summed E-state index contributed by atoms with van der Waals surface area (Å²) in [6.45, 7) is 16.5. The molecule has 4 rings (SSSR count). The van der Waals surface area contributed by atoms with Crippen LogP contribution in [0.15, 0.2) is 60.7 Å². The van der Waals surface area contributed by atoms with E-state index in [1.165, 1.54) is 0 Å². The highest BCUT2D eigenvalue weighted by molar-refractivity contribution is 6.00. The molecule has 0 unspecified atom stereocenters. The molecule has 0 aliphatic rings. The third-order valence-corrected chi connectivity index (χ3v) is 6.29. The van der Waals surface area contributed by atoms with E-state index >= 15 is 0 Å². The maximum absolute atomic E-state index is 12.2. The molecule has 0 saturated heterocycles. The van der Waals surface area contributed by atoms with Gasteiger partial charge in [-0.05, 0) is 49.2 Å². The van der Waals surface area contributed by atoms with Crippen LogP contribution in [0, 0.1) is 13.8 Å². The van der Waals surface area contributed by atoms with E-state index in [0.717, 1.165) is 33.9 Å². The summed E-state index contributed by atoms with van der Waals surface area (Å²) in [5, 5.41) is 20.1. The maximum atomic E-state index is 12.2. The molecular formula is C32H44N8O2. The van der Waals surface area contributed by atoms with Crippen LogP contribution in [0.2, 0.25) is 0 Å². The second-order valence-corrected chi connectivity index (χ2v) is 12.5. The molecule has 4 amide bonds. The van der Waals surface area contributed by atoms with E-state index in [9.17, 15) is 9.59 Å². The lowest BCUT2D eigenvalue weighted by molar-refractivity contribution is 0.261. The molecule has 2 heterocycles. The Morgan fingerprint density at radius 3 is 1.38 bits per heavy atom. The maximum Gasteiger partial charge on any atom is 0.324 e. The molecule has 0 aliphatic heterocycles. The van der Waals surface area contributed by atoms with Gasteiger partial charge in [0.05, 0.1) is 11.4 Å². The van der Waals surface area contributed by atoms with Crippen molar-refractivity contribution in [1.29, 1.82) is 0 Å². The minimum atomic E-state index is -0.278. The number of urea groups is 2. The third-order valence-electron chi connectivity index (χ3n) is 6.29. The van der Waals surface area contributed by atoms with E-state index in [2.05, 4.69) is 79.1 Å². The van der Waals surface area contributed by atoms with Crippen molar-refractivity contribution in [3.63, 3.8) is 0 Å². The summed E-state index contributed by atoms with van der Waals surface area (Å²) in [6, 6.07) is 18.5. The van der Waals surface area contributed by atoms with E-state index in [1.807, 2.05) is 82.5 Å². The van der Waals surface area contributed by atoms with Crippen molar-refractivity contribution in [2.45, 2.75) is 66.2 Å². The number of carbonyl (C=O) groups is 2. The summed E-state index contributed by atoms with van der Waals surface area (Å²) in [5.41, 5.74) is 5.55. The van der Waals surface area contributed by atoms with E-state index in [0.29, 0.717) is 11.6 Å². The quantitative estimate of drug-likeness (QED) is 0.205. The number of nitrogens with one attached hydrogen (secondary N) is 4. The zero-order chi connectivity index (χ0) is 31.2. The van der Waals surface area contributed by atoms with Gasteiger partial charge in [-0.15, -0.1) is 0 Å². The summed E-state index contributed by atoms with van der Waals surface area (Å²) < 4.78 is 3.35. The number of carbonyl (C=O) groups excluding carboxylic acids is 2. The van der Waals surface area contributed by atoms with Gasteiger partial charge in [0, 0.05) is 48.4 Å². The first-order valence-electron chi connectivity index (χ1n) is 13.9. The zero-order valence-electron chi connectivity index (χ0n) is 26.4. The largest absolute Gasteiger partial charge is 0.324 e. The highest BCUT2D eigenvalue weighted by Gasteiger charge is 2.20. The molecular weight excluding hydrogens is 528 g/mol. The predicted molar refractivity (Wildman–Crippen MR) is 171 cm³/mol. The summed E-state index contributed by atoms with van der Waals surface area (Å²) >= 11 is 0. The first kappa shape index (κ1) is 31.9. The number of aryl methyl sites for hydroxylation is 4. The SMILES string of the molecule is Cc1cc(C)cc(NC(=O)Nc2cc(C(C)(C)C)nn2C)c1.Cn1nc(C(C)(C)C)cc1NC(=O)Nc1ccccc1. The van der Waals surface area contributed by atoms with Crippen molar-refractivity contribution in [2.24, 2.45) is 14.1 Å². The van der Waals surface area contributed by atoms with Gasteiger partial charge in [0.1, 0.15) is 11.6 Å². The number of hydrogen-bond donors (Lipinski definition) is 4. The van der Waals surface area contributed by atoms with Crippen LogP contribution in [0.25, 0.3) is 0 Å². The fraction of sp³-hybridized carbons (Fsp3) is 0.375. The van der Waals surface area contributed by atoms with Gasteiger partial charge in [0.25, 0.3) is 0 Å². The van der Waals surface area contributed by atoms with E-state index in [4.69, 9.17) is 0 Å². The number of aromatic nitrogens is 4. The van der Waals surface area contributed by atoms with Gasteiger partial charge >= 0.3 is 12.1 Å². The zero-order valence-corrected chi connectivity index (χ0v) is 26.4. The molecule has 10 heteroatoms. The van der Waals surface area contributed by atoms with Crippen molar-refractivity contribution in [1.82, 2.24) is 19.6 Å². The molecule has 2 aromatic carbocycles. The molecule has 4 N–H and O–H groups in total. The second-order valence-electron chi connectivity index (χ2n) is 12.5. The van der Waals surface area contributed by atoms with Crippen LogP contribution < -0.4 is 21.3 Å². The van der Waals surface area contributed by atoms with Gasteiger partial charge < -0.3 is 10.6 Å². The highest BCUT2D eigenvalue weighted by Crippen LogP contribution is 2.24. The molecule has 0 atom stereocenters. The minimum absolute atomic E-state index is 0.0480. The molecule has 0 saturated carbocycles. The number of rotatable bonds is 4. The summed E-state index contributed by atoms with van der Waals surface area (Å²) in [5.74, 6) is 1.34. The smallest absolute Gasteiger partial charge is 0.308 e. The lowest BCUT2D eigenvalue weighted by Gasteiger charge is -2.13. The van der Waals surface area contributed by atoms with Crippen LogP contribution in [-0.2, 0) is 24.9 Å². The molecule has 0 aliphatic carbocycles. The minimum Gasteiger partial charge on any atom is -0.308 e. The van der Waals surface area contributed by atoms with E-state index in [1.54, 1.807) is 9.36 Å². The monoisotopic (exact) mass is 572 g/mol. The topological polar surface area (TPSA) is 118 Å². The number of nitrogens with zero attached hydrogens (tertiary/aromatic N) is 4. The Morgan fingerprint density at radius 2 is 1.00 bits per heavy atom. The number of amides is 4. The van der Waals surface area contributed by atoms with Gasteiger partial charge in [0.15, 0.2) is 0 Å². The van der Waals surface area contributed by atoms with Gasteiger partial charge in [-0.25, -0.2) is 9.59 Å². The Bertz CT molecular complexity index is 1500. The Labute approximate surface area is 248 Å². The van der Waals surface area contributed by atoms with Crippen molar-refractivity contribution in [3.8, 4) is 0 Å². The van der Waals surface area contributed by atoms with Gasteiger partial charge in [-0.1, -0.05) is 65.8 Å². The van der Waals surface area contributed by atoms with Gasteiger partial charge in [0.2, 0.25) is 0 Å². The summed E-state index contributed by atoms with van der Waals surface area (Å²) in [7, 11) is 3.63. The Morgan fingerprint density at radius 1 is 0.595 bits per heavy atom. The van der Waals surface area contributed by atoms with Gasteiger partial charge in [-0.2, -0.15) is 10.2 Å². The Balaban J connectivity index is 0.000000231. The molecule has 42 heavy (non-hydrogen) atoms. The molecule has 4 aromatic rings. The molecule has 224 valence electrons. The molecule has 0 fully saturated rings. The number of anilines is 4. The molecule has 0 spiro atoms. The molecule has 10 nitrogen and oxygen atoms in total. The van der Waals surface area contributed by atoms with Gasteiger partial charge in [-0.3, -0.25) is 20.0 Å². The average molecular weight is 573 g/mol. The van der Waals surface area contributed by atoms with Crippen LogP contribution in [0.5, 0.6) is 0 Å². The lowest BCUT2D eigenvalue weighted by Crippen LogP contribution is -2.21. The normalized spacial score (nSPS) is 11.3. The first-order valence-corrected chi connectivity index (χ1v) is 13.9. The highest BCUT2D eigenvalue weighted by atomic mass is 16.2. The Kier molecular flexibility index (Phi) is 9.83. The van der Waals surface area contributed by atoms with Crippen molar-refractivity contribution >= 4 is 35.1 Å². The fourth-order valence-electron chi connectivity index (χ4n) is 4.03. The van der Waals surface area contributed by atoms with Crippen molar-refractivity contribution in [2.75, 3.05) is 21.3 Å². The van der Waals surface area contributed by atoms with Crippen LogP contribution >= 0.6 is 0 Å². The average Bonchev–Trinajstić information content (AvgIpc) is 3.41. The summed E-state index contributed by atoms with van der Waals surface area (Å²) in [4.78, 5) is 24.1.